The maximum absolute atomic E-state index is 12.8. The second kappa shape index (κ2) is 9.43. The number of fused-ring (bicyclic) bond motifs is 3. The van der Waals surface area contributed by atoms with Gasteiger partial charge >= 0.3 is 12.1 Å². The van der Waals surface area contributed by atoms with Crippen LogP contribution < -0.4 is 5.32 Å². The molecule has 3 aromatic rings. The van der Waals surface area contributed by atoms with Gasteiger partial charge in [0.2, 0.25) is 0 Å². The van der Waals surface area contributed by atoms with Crippen molar-refractivity contribution < 1.29 is 24.2 Å². The van der Waals surface area contributed by atoms with Crippen molar-refractivity contribution in [1.29, 1.82) is 0 Å². The van der Waals surface area contributed by atoms with Gasteiger partial charge in [-0.15, -0.1) is 0 Å². The third kappa shape index (κ3) is 4.35. The number of hydrogen-bond donors (Lipinski definition) is 2. The van der Waals surface area contributed by atoms with Crippen molar-refractivity contribution >= 4 is 35.3 Å². The molecule has 1 heterocycles. The van der Waals surface area contributed by atoms with Crippen LogP contribution in [0.5, 0.6) is 0 Å². The largest absolute Gasteiger partial charge is 0.480 e. The minimum absolute atomic E-state index is 0.0636. The molecule has 1 aliphatic carbocycles. The van der Waals surface area contributed by atoms with Crippen molar-refractivity contribution in [2.45, 2.75) is 24.8 Å². The number of ether oxygens (including phenoxy) is 1. The van der Waals surface area contributed by atoms with Crippen LogP contribution in [0.2, 0.25) is 5.02 Å². The summed E-state index contributed by atoms with van der Waals surface area (Å²) < 4.78 is 5.55. The maximum Gasteiger partial charge on any atom is 0.411 e. The molecule has 0 aromatic heterocycles. The lowest BCUT2D eigenvalue weighted by Crippen LogP contribution is -2.40. The van der Waals surface area contributed by atoms with Gasteiger partial charge in [0, 0.05) is 18.0 Å². The third-order valence-electron chi connectivity index (χ3n) is 6.60. The molecule has 0 bridgehead atoms. The smallest absolute Gasteiger partial charge is 0.411 e. The molecular weight excluding hydrogens is 468 g/mol. The summed E-state index contributed by atoms with van der Waals surface area (Å²) in [5, 5.41) is 12.1. The van der Waals surface area contributed by atoms with E-state index in [9.17, 15) is 19.5 Å². The van der Waals surface area contributed by atoms with Crippen LogP contribution >= 0.6 is 11.6 Å². The number of aliphatic carboxylic acids is 1. The molecule has 35 heavy (non-hydrogen) atoms. The number of nitrogens with zero attached hydrogens (tertiary/aromatic N) is 1. The Morgan fingerprint density at radius 2 is 1.66 bits per heavy atom. The molecule has 1 fully saturated rings. The number of hydrogen-bond acceptors (Lipinski definition) is 4. The topological polar surface area (TPSA) is 95.9 Å². The van der Waals surface area contributed by atoms with Crippen LogP contribution in [0.15, 0.2) is 66.7 Å². The highest BCUT2D eigenvalue weighted by Crippen LogP contribution is 2.44. The van der Waals surface area contributed by atoms with E-state index in [1.165, 1.54) is 23.1 Å². The van der Waals surface area contributed by atoms with Gasteiger partial charge < -0.3 is 14.7 Å². The number of nitrogens with one attached hydrogen (secondary N) is 1. The molecule has 5 rings (SSSR count). The fourth-order valence-electron chi connectivity index (χ4n) is 4.93. The Hall–Kier alpha value is -3.84. The fourth-order valence-corrected chi connectivity index (χ4v) is 5.15. The fraction of sp³-hybridized carbons (Fsp3) is 0.222. The molecule has 2 aliphatic rings. The zero-order chi connectivity index (χ0) is 24.5. The summed E-state index contributed by atoms with van der Waals surface area (Å²) in [5.74, 6) is -1.48. The van der Waals surface area contributed by atoms with Crippen molar-refractivity contribution in [2.24, 2.45) is 0 Å². The minimum Gasteiger partial charge on any atom is -0.480 e. The van der Waals surface area contributed by atoms with E-state index in [4.69, 9.17) is 16.3 Å². The van der Waals surface area contributed by atoms with Crippen LogP contribution in [0.1, 0.15) is 40.2 Å². The van der Waals surface area contributed by atoms with Gasteiger partial charge in [-0.2, -0.15) is 0 Å². The standard InChI is InChI=1S/C27H23ClN2O5/c28-22-14-16(25(31)30-13-5-10-24(30)26(32)33)11-12-23(22)29-27(34)35-15-21-19-8-3-1-6-17(19)18-7-2-4-9-20(18)21/h1-4,6-9,11-12,14,21,24H,5,10,13,15H2,(H,29,34)(H,32,33)/t24-/m0/s1. The number of carboxylic acid groups (broad SMARTS) is 1. The summed E-state index contributed by atoms with van der Waals surface area (Å²) in [4.78, 5) is 38.1. The van der Waals surface area contributed by atoms with Crippen LogP contribution in [0.3, 0.4) is 0 Å². The number of anilines is 1. The van der Waals surface area contributed by atoms with E-state index in [-0.39, 0.29) is 23.1 Å². The van der Waals surface area contributed by atoms with E-state index >= 15 is 0 Å². The number of likely N-dealkylation sites (tertiary alicyclic amines) is 1. The Kier molecular flexibility index (Phi) is 6.17. The van der Waals surface area contributed by atoms with Crippen LogP contribution in [0.25, 0.3) is 11.1 Å². The van der Waals surface area contributed by atoms with E-state index in [2.05, 4.69) is 17.4 Å². The first-order valence-corrected chi connectivity index (χ1v) is 11.8. The number of carbonyl (C=O) groups is 3. The zero-order valence-corrected chi connectivity index (χ0v) is 19.5. The Bertz CT molecular complexity index is 1280. The first kappa shape index (κ1) is 22.9. The number of rotatable bonds is 5. The first-order chi connectivity index (χ1) is 16.9. The van der Waals surface area contributed by atoms with Crippen molar-refractivity contribution in [2.75, 3.05) is 18.5 Å². The molecule has 1 atom stereocenters. The molecule has 0 unspecified atom stereocenters. The monoisotopic (exact) mass is 490 g/mol. The summed E-state index contributed by atoms with van der Waals surface area (Å²) in [6.45, 7) is 0.548. The maximum atomic E-state index is 12.8. The Labute approximate surface area is 207 Å². The van der Waals surface area contributed by atoms with Crippen LogP contribution in [0.4, 0.5) is 10.5 Å². The molecule has 1 saturated heterocycles. The molecule has 0 spiro atoms. The normalized spacial score (nSPS) is 16.5. The van der Waals surface area contributed by atoms with Crippen LogP contribution in [-0.2, 0) is 9.53 Å². The van der Waals surface area contributed by atoms with Gasteiger partial charge in [-0.1, -0.05) is 60.1 Å². The van der Waals surface area contributed by atoms with E-state index in [0.29, 0.717) is 25.1 Å². The molecular formula is C27H23ClN2O5. The number of benzene rings is 3. The lowest BCUT2D eigenvalue weighted by Gasteiger charge is -2.21. The Morgan fingerprint density at radius 3 is 2.29 bits per heavy atom. The van der Waals surface area contributed by atoms with Crippen molar-refractivity contribution in [3.63, 3.8) is 0 Å². The summed E-state index contributed by atoms with van der Waals surface area (Å²) >= 11 is 6.33. The van der Waals surface area contributed by atoms with Gasteiger partial charge in [-0.3, -0.25) is 10.1 Å². The van der Waals surface area contributed by atoms with Gasteiger partial charge in [0.05, 0.1) is 10.7 Å². The summed E-state index contributed by atoms with van der Waals surface area (Å²) in [7, 11) is 0. The number of halogens is 1. The number of carbonyl (C=O) groups excluding carboxylic acids is 2. The van der Waals surface area contributed by atoms with E-state index in [0.717, 1.165) is 22.3 Å². The zero-order valence-electron chi connectivity index (χ0n) is 18.7. The molecule has 8 heteroatoms. The average Bonchev–Trinajstić information content (AvgIpc) is 3.47. The predicted octanol–water partition coefficient (Wildman–Crippen LogP) is 5.39. The second-order valence-electron chi connectivity index (χ2n) is 8.64. The van der Waals surface area contributed by atoms with Crippen molar-refractivity contribution in [3.05, 3.63) is 88.4 Å². The molecule has 2 amide bonds. The molecule has 3 aromatic carbocycles. The molecule has 1 aliphatic heterocycles. The van der Waals surface area contributed by atoms with Gasteiger partial charge in [0.15, 0.2) is 0 Å². The molecule has 0 radical (unpaired) electrons. The predicted molar refractivity (Wildman–Crippen MR) is 132 cm³/mol. The highest BCUT2D eigenvalue weighted by Gasteiger charge is 2.34. The van der Waals surface area contributed by atoms with E-state index in [1.54, 1.807) is 0 Å². The van der Waals surface area contributed by atoms with Crippen LogP contribution in [-0.4, -0.2) is 47.2 Å². The van der Waals surface area contributed by atoms with Gasteiger partial charge in [-0.25, -0.2) is 9.59 Å². The summed E-state index contributed by atoms with van der Waals surface area (Å²) in [5.41, 5.74) is 5.08. The Balaban J connectivity index is 1.25. The molecule has 7 nitrogen and oxygen atoms in total. The van der Waals surface area contributed by atoms with Crippen molar-refractivity contribution in [3.8, 4) is 11.1 Å². The third-order valence-corrected chi connectivity index (χ3v) is 6.91. The van der Waals surface area contributed by atoms with Crippen molar-refractivity contribution in [1.82, 2.24) is 4.90 Å². The van der Waals surface area contributed by atoms with Gasteiger partial charge in [0.25, 0.3) is 5.91 Å². The van der Waals surface area contributed by atoms with E-state index < -0.39 is 24.0 Å². The summed E-state index contributed by atoms with van der Waals surface area (Å²) in [6.07, 6.45) is 0.409. The molecule has 178 valence electrons. The van der Waals surface area contributed by atoms with Crippen LogP contribution in [0, 0.1) is 0 Å². The average molecular weight is 491 g/mol. The number of carboxylic acids is 1. The Morgan fingerprint density at radius 1 is 1.00 bits per heavy atom. The summed E-state index contributed by atoms with van der Waals surface area (Å²) in [6, 6.07) is 19.8. The number of amides is 2. The van der Waals surface area contributed by atoms with E-state index in [1.807, 2.05) is 36.4 Å². The molecule has 0 saturated carbocycles. The van der Waals surface area contributed by atoms with Gasteiger partial charge in [0.1, 0.15) is 12.6 Å². The highest BCUT2D eigenvalue weighted by molar-refractivity contribution is 6.34. The lowest BCUT2D eigenvalue weighted by atomic mass is 9.98. The quantitative estimate of drug-likeness (QED) is 0.500. The SMILES string of the molecule is O=C(Nc1ccc(C(=O)N2CCC[C@H]2C(=O)O)cc1Cl)OCC1c2ccccc2-c2ccccc21. The van der Waals surface area contributed by atoms with Gasteiger partial charge in [-0.05, 0) is 53.3 Å². The molecule has 2 N–H and O–H groups in total. The highest BCUT2D eigenvalue weighted by atomic mass is 35.5. The second-order valence-corrected chi connectivity index (χ2v) is 9.05. The lowest BCUT2D eigenvalue weighted by molar-refractivity contribution is -0.141. The first-order valence-electron chi connectivity index (χ1n) is 11.4. The minimum atomic E-state index is -1.02.